The number of carbonyl (C=O) groups excluding carboxylic acids is 2. The third-order valence-electron chi connectivity index (χ3n) is 4.51. The first-order valence-corrected chi connectivity index (χ1v) is 11.7. The molecule has 2 amide bonds. The molecule has 2 aromatic rings. The third-order valence-corrected chi connectivity index (χ3v) is 7.55. The van der Waals surface area contributed by atoms with Gasteiger partial charge in [0, 0.05) is 29.5 Å². The van der Waals surface area contributed by atoms with Crippen molar-refractivity contribution in [3.05, 3.63) is 53.8 Å². The van der Waals surface area contributed by atoms with Crippen LogP contribution in [0.4, 0.5) is 10.1 Å². The molecule has 9 heteroatoms. The standard InChI is InChI=1S/C20H21FN2O4S2/c1-13-12-28-18-7-6-16(10-17(18)23-20(13)25)29(26,27)9-8-19(24)22-11-14-2-4-15(21)5-3-14/h2-7,10,13H,8-9,11-12H2,1H3,(H,22,24)(H,23,25)/t13-/m0/s1. The van der Waals surface area contributed by atoms with Crippen LogP contribution in [0.25, 0.3) is 0 Å². The van der Waals surface area contributed by atoms with E-state index in [1.54, 1.807) is 18.2 Å². The second kappa shape index (κ2) is 8.96. The van der Waals surface area contributed by atoms with Crippen molar-refractivity contribution in [3.8, 4) is 0 Å². The Labute approximate surface area is 173 Å². The van der Waals surface area contributed by atoms with E-state index in [-0.39, 0.29) is 41.3 Å². The van der Waals surface area contributed by atoms with Gasteiger partial charge in [0.1, 0.15) is 5.82 Å². The number of anilines is 1. The number of thioether (sulfide) groups is 1. The van der Waals surface area contributed by atoms with Crippen LogP contribution in [0.3, 0.4) is 0 Å². The zero-order valence-corrected chi connectivity index (χ0v) is 17.4. The molecule has 3 rings (SSSR count). The van der Waals surface area contributed by atoms with Crippen LogP contribution in [0.15, 0.2) is 52.3 Å². The molecule has 0 saturated heterocycles. The molecule has 29 heavy (non-hydrogen) atoms. The Morgan fingerprint density at radius 3 is 2.69 bits per heavy atom. The van der Waals surface area contributed by atoms with Crippen LogP contribution in [0.2, 0.25) is 0 Å². The van der Waals surface area contributed by atoms with Crippen molar-refractivity contribution in [3.63, 3.8) is 0 Å². The number of fused-ring (bicyclic) bond motifs is 1. The molecule has 1 aliphatic rings. The van der Waals surface area contributed by atoms with Gasteiger partial charge in [-0.2, -0.15) is 0 Å². The van der Waals surface area contributed by atoms with Crippen molar-refractivity contribution in [2.45, 2.75) is 29.7 Å². The number of carbonyl (C=O) groups is 2. The van der Waals surface area contributed by atoms with Crippen LogP contribution >= 0.6 is 11.8 Å². The van der Waals surface area contributed by atoms with Crippen LogP contribution in [0.5, 0.6) is 0 Å². The van der Waals surface area contributed by atoms with Gasteiger partial charge in [-0.3, -0.25) is 9.59 Å². The van der Waals surface area contributed by atoms with E-state index in [2.05, 4.69) is 10.6 Å². The number of halogens is 1. The summed E-state index contributed by atoms with van der Waals surface area (Å²) in [6, 6.07) is 10.3. The minimum atomic E-state index is -3.69. The lowest BCUT2D eigenvalue weighted by molar-refractivity contribution is -0.121. The number of nitrogens with one attached hydrogen (secondary N) is 2. The van der Waals surface area contributed by atoms with E-state index in [1.807, 2.05) is 6.92 Å². The molecular weight excluding hydrogens is 415 g/mol. The molecule has 0 aliphatic carbocycles. The molecule has 2 aromatic carbocycles. The zero-order valence-electron chi connectivity index (χ0n) is 15.8. The van der Waals surface area contributed by atoms with Crippen molar-refractivity contribution in [1.82, 2.24) is 5.32 Å². The molecule has 1 atom stereocenters. The summed E-state index contributed by atoms with van der Waals surface area (Å²) < 4.78 is 38.1. The van der Waals surface area contributed by atoms with E-state index in [0.717, 1.165) is 10.5 Å². The minimum absolute atomic E-state index is 0.0676. The quantitative estimate of drug-likeness (QED) is 0.726. The van der Waals surface area contributed by atoms with Gasteiger partial charge in [-0.25, -0.2) is 12.8 Å². The smallest absolute Gasteiger partial charge is 0.228 e. The van der Waals surface area contributed by atoms with Gasteiger partial charge >= 0.3 is 0 Å². The van der Waals surface area contributed by atoms with Gasteiger partial charge in [-0.1, -0.05) is 19.1 Å². The maximum atomic E-state index is 12.9. The zero-order chi connectivity index (χ0) is 21.0. The largest absolute Gasteiger partial charge is 0.352 e. The van der Waals surface area contributed by atoms with E-state index in [4.69, 9.17) is 0 Å². The molecule has 6 nitrogen and oxygen atoms in total. The van der Waals surface area contributed by atoms with Crippen molar-refractivity contribution in [2.75, 3.05) is 16.8 Å². The molecule has 1 heterocycles. The lowest BCUT2D eigenvalue weighted by atomic mass is 10.2. The van der Waals surface area contributed by atoms with Crippen LogP contribution in [0.1, 0.15) is 18.9 Å². The van der Waals surface area contributed by atoms with Crippen LogP contribution in [0, 0.1) is 11.7 Å². The molecule has 0 radical (unpaired) electrons. The van der Waals surface area contributed by atoms with Crippen molar-refractivity contribution in [2.24, 2.45) is 5.92 Å². The van der Waals surface area contributed by atoms with E-state index >= 15 is 0 Å². The summed E-state index contributed by atoms with van der Waals surface area (Å²) in [4.78, 5) is 24.9. The summed E-state index contributed by atoms with van der Waals surface area (Å²) in [5.74, 6) is -0.818. The second-order valence-corrected chi connectivity index (χ2v) is 10.0. The Hall–Kier alpha value is -2.39. The van der Waals surface area contributed by atoms with E-state index in [9.17, 15) is 22.4 Å². The van der Waals surface area contributed by atoms with Crippen LogP contribution < -0.4 is 10.6 Å². The van der Waals surface area contributed by atoms with Crippen molar-refractivity contribution < 1.29 is 22.4 Å². The minimum Gasteiger partial charge on any atom is -0.352 e. The first kappa shape index (κ1) is 21.3. The fourth-order valence-electron chi connectivity index (χ4n) is 2.71. The Morgan fingerprint density at radius 2 is 1.97 bits per heavy atom. The first-order valence-electron chi connectivity index (χ1n) is 9.06. The van der Waals surface area contributed by atoms with Crippen LogP contribution in [-0.4, -0.2) is 31.7 Å². The highest BCUT2D eigenvalue weighted by atomic mass is 32.2. The highest BCUT2D eigenvalue weighted by molar-refractivity contribution is 7.99. The fourth-order valence-corrected chi connectivity index (χ4v) is 4.98. The number of hydrogen-bond acceptors (Lipinski definition) is 5. The van der Waals surface area contributed by atoms with Gasteiger partial charge in [0.25, 0.3) is 0 Å². The fraction of sp³-hybridized carbons (Fsp3) is 0.300. The van der Waals surface area contributed by atoms with E-state index in [1.165, 1.54) is 36.0 Å². The molecule has 1 aliphatic heterocycles. The third kappa shape index (κ3) is 5.57. The SMILES string of the molecule is C[C@H]1CSc2ccc(S(=O)(=O)CCC(=O)NCc3ccc(F)cc3)cc2NC1=O. The molecule has 154 valence electrons. The Bertz CT molecular complexity index is 1020. The summed E-state index contributed by atoms with van der Waals surface area (Å²) >= 11 is 1.50. The van der Waals surface area contributed by atoms with Gasteiger partial charge in [0.15, 0.2) is 9.84 Å². The summed E-state index contributed by atoms with van der Waals surface area (Å²) in [5.41, 5.74) is 1.20. The number of sulfone groups is 1. The maximum absolute atomic E-state index is 12.9. The predicted molar refractivity (Wildman–Crippen MR) is 110 cm³/mol. The normalized spacial score (nSPS) is 16.5. The van der Waals surface area contributed by atoms with Crippen molar-refractivity contribution in [1.29, 1.82) is 0 Å². The molecule has 0 bridgehead atoms. The summed E-state index contributed by atoms with van der Waals surface area (Å²) in [7, 11) is -3.69. The molecule has 0 saturated carbocycles. The number of amides is 2. The van der Waals surface area contributed by atoms with Crippen molar-refractivity contribution >= 4 is 39.1 Å². The number of hydrogen-bond donors (Lipinski definition) is 2. The lowest BCUT2D eigenvalue weighted by Gasteiger charge is -2.10. The average molecular weight is 437 g/mol. The Balaban J connectivity index is 1.61. The molecule has 0 unspecified atom stereocenters. The van der Waals surface area contributed by atoms with E-state index in [0.29, 0.717) is 11.4 Å². The summed E-state index contributed by atoms with van der Waals surface area (Å²) in [6.45, 7) is 2.01. The van der Waals surface area contributed by atoms with Gasteiger partial charge in [-0.15, -0.1) is 11.8 Å². The Kier molecular flexibility index (Phi) is 6.59. The van der Waals surface area contributed by atoms with Crippen LogP contribution in [-0.2, 0) is 26.0 Å². The highest BCUT2D eigenvalue weighted by Gasteiger charge is 2.23. The monoisotopic (exact) mass is 436 g/mol. The van der Waals surface area contributed by atoms with Gasteiger partial charge in [0.05, 0.1) is 16.3 Å². The summed E-state index contributed by atoms with van der Waals surface area (Å²) in [5, 5.41) is 5.39. The highest BCUT2D eigenvalue weighted by Crippen LogP contribution is 2.34. The van der Waals surface area contributed by atoms with Gasteiger partial charge in [0.2, 0.25) is 11.8 Å². The van der Waals surface area contributed by atoms with Gasteiger partial charge in [-0.05, 0) is 35.9 Å². The first-order chi connectivity index (χ1) is 13.7. The number of benzene rings is 2. The molecule has 0 spiro atoms. The molecule has 0 fully saturated rings. The topological polar surface area (TPSA) is 92.3 Å². The summed E-state index contributed by atoms with van der Waals surface area (Å²) in [6.07, 6.45) is -0.196. The Morgan fingerprint density at radius 1 is 1.24 bits per heavy atom. The van der Waals surface area contributed by atoms with Gasteiger partial charge < -0.3 is 10.6 Å². The second-order valence-electron chi connectivity index (χ2n) is 6.83. The maximum Gasteiger partial charge on any atom is 0.228 e. The molecular formula is C20H21FN2O4S2. The molecule has 0 aromatic heterocycles. The van der Waals surface area contributed by atoms with E-state index < -0.39 is 15.7 Å². The predicted octanol–water partition coefficient (Wildman–Crippen LogP) is 2.99. The lowest BCUT2D eigenvalue weighted by Crippen LogP contribution is -2.25. The molecule has 2 N–H and O–H groups in total. The average Bonchev–Trinajstić information content (AvgIpc) is 2.84. The number of rotatable bonds is 6.